The van der Waals surface area contributed by atoms with E-state index in [4.69, 9.17) is 9.47 Å². The van der Waals surface area contributed by atoms with Gasteiger partial charge in [-0.25, -0.2) is 9.59 Å². The molecular formula is C16H17F3O6. The van der Waals surface area contributed by atoms with Crippen LogP contribution in [0.5, 0.6) is 5.75 Å². The zero-order valence-corrected chi connectivity index (χ0v) is 13.5. The highest BCUT2D eigenvalue weighted by atomic mass is 19.4. The molecule has 0 spiro atoms. The van der Waals surface area contributed by atoms with Crippen molar-refractivity contribution in [2.75, 3.05) is 6.61 Å². The molecule has 2 unspecified atom stereocenters. The molecule has 138 valence electrons. The van der Waals surface area contributed by atoms with Gasteiger partial charge in [-0.15, -0.1) is 0 Å². The quantitative estimate of drug-likeness (QED) is 0.456. The van der Waals surface area contributed by atoms with E-state index in [9.17, 15) is 27.9 Å². The molecular weight excluding hydrogens is 345 g/mol. The summed E-state index contributed by atoms with van der Waals surface area (Å²) in [4.78, 5) is 23.1. The van der Waals surface area contributed by atoms with Gasteiger partial charge in [-0.3, -0.25) is 0 Å². The molecule has 9 heteroatoms. The lowest BCUT2D eigenvalue weighted by Gasteiger charge is -2.20. The molecule has 25 heavy (non-hydrogen) atoms. The van der Waals surface area contributed by atoms with Gasteiger partial charge in [0.25, 0.3) is 0 Å². The smallest absolute Gasteiger partial charge is 0.425 e. The zero-order valence-electron chi connectivity index (χ0n) is 13.5. The van der Waals surface area contributed by atoms with Crippen molar-refractivity contribution in [3.8, 4) is 5.75 Å². The van der Waals surface area contributed by atoms with Crippen LogP contribution in [-0.4, -0.2) is 35.9 Å². The number of hydrogen-bond donors (Lipinski definition) is 1. The SMILES string of the molecule is C=C(C)C(=O)OC(OCC(=O)OC(C)C(F)(F)F)c1ccc(O)cc1. The van der Waals surface area contributed by atoms with Crippen molar-refractivity contribution in [3.63, 3.8) is 0 Å². The summed E-state index contributed by atoms with van der Waals surface area (Å²) in [5.74, 6) is -2.16. The van der Waals surface area contributed by atoms with Crippen LogP contribution in [0, 0.1) is 0 Å². The Balaban J connectivity index is 2.76. The van der Waals surface area contributed by atoms with Gasteiger partial charge in [-0.1, -0.05) is 6.58 Å². The first-order chi connectivity index (χ1) is 11.5. The molecule has 0 aliphatic heterocycles. The Morgan fingerprint density at radius 1 is 1.20 bits per heavy atom. The number of phenols is 1. The van der Waals surface area contributed by atoms with Gasteiger partial charge in [0, 0.05) is 11.1 Å². The van der Waals surface area contributed by atoms with Crippen LogP contribution in [-0.2, 0) is 23.8 Å². The van der Waals surface area contributed by atoms with E-state index in [-0.39, 0.29) is 16.9 Å². The molecule has 0 saturated heterocycles. The standard InChI is InChI=1S/C16H17F3O6/c1-9(2)14(22)25-15(11-4-6-12(20)7-5-11)23-8-13(21)24-10(3)16(17,18)19/h4-7,10,15,20H,1,8H2,2-3H3. The molecule has 0 saturated carbocycles. The zero-order chi connectivity index (χ0) is 19.2. The van der Waals surface area contributed by atoms with Gasteiger partial charge in [0.2, 0.25) is 6.29 Å². The van der Waals surface area contributed by atoms with Gasteiger partial charge in [0.05, 0.1) is 0 Å². The highest BCUT2D eigenvalue weighted by Crippen LogP contribution is 2.24. The van der Waals surface area contributed by atoms with Crippen LogP contribution in [0.3, 0.4) is 0 Å². The number of carbonyl (C=O) groups excluding carboxylic acids is 2. The fourth-order valence-corrected chi connectivity index (χ4v) is 1.47. The largest absolute Gasteiger partial charge is 0.508 e. The van der Waals surface area contributed by atoms with Gasteiger partial charge in [0.1, 0.15) is 12.4 Å². The third-order valence-electron chi connectivity index (χ3n) is 2.85. The molecule has 1 N–H and O–H groups in total. The van der Waals surface area contributed by atoms with Crippen LogP contribution in [0.25, 0.3) is 0 Å². The molecule has 0 amide bonds. The summed E-state index contributed by atoms with van der Waals surface area (Å²) in [7, 11) is 0. The number of alkyl halides is 3. The lowest BCUT2D eigenvalue weighted by Crippen LogP contribution is -2.32. The number of halogens is 3. The normalized spacial score (nSPS) is 13.6. The average Bonchev–Trinajstić information content (AvgIpc) is 2.51. The van der Waals surface area contributed by atoms with E-state index in [1.807, 2.05) is 0 Å². The highest BCUT2D eigenvalue weighted by molar-refractivity contribution is 5.87. The molecule has 6 nitrogen and oxygen atoms in total. The number of carbonyl (C=O) groups is 2. The Kier molecular flexibility index (Phi) is 6.98. The maximum Gasteiger partial charge on any atom is 0.425 e. The van der Waals surface area contributed by atoms with Gasteiger partial charge >= 0.3 is 18.1 Å². The number of hydrogen-bond acceptors (Lipinski definition) is 6. The monoisotopic (exact) mass is 362 g/mol. The van der Waals surface area contributed by atoms with E-state index in [0.717, 1.165) is 0 Å². The molecule has 0 aliphatic rings. The van der Waals surface area contributed by atoms with Crippen LogP contribution < -0.4 is 0 Å². The minimum Gasteiger partial charge on any atom is -0.508 e. The number of ether oxygens (including phenoxy) is 3. The van der Waals surface area contributed by atoms with E-state index in [0.29, 0.717) is 6.92 Å². The van der Waals surface area contributed by atoms with Gasteiger partial charge in [-0.05, 0) is 38.1 Å². The van der Waals surface area contributed by atoms with Crippen molar-refractivity contribution in [1.29, 1.82) is 0 Å². The second kappa shape index (κ2) is 8.52. The highest BCUT2D eigenvalue weighted by Gasteiger charge is 2.39. The van der Waals surface area contributed by atoms with Crippen molar-refractivity contribution in [2.24, 2.45) is 0 Å². The first-order valence-electron chi connectivity index (χ1n) is 7.04. The van der Waals surface area contributed by atoms with Crippen LogP contribution in [0.2, 0.25) is 0 Å². The number of rotatable bonds is 7. The molecule has 0 bridgehead atoms. The van der Waals surface area contributed by atoms with E-state index < -0.39 is 37.1 Å². The van der Waals surface area contributed by atoms with Crippen molar-refractivity contribution in [3.05, 3.63) is 42.0 Å². The van der Waals surface area contributed by atoms with Crippen molar-refractivity contribution in [2.45, 2.75) is 32.4 Å². The predicted molar refractivity (Wildman–Crippen MR) is 79.3 cm³/mol. The summed E-state index contributed by atoms with van der Waals surface area (Å²) >= 11 is 0. The summed E-state index contributed by atoms with van der Waals surface area (Å²) in [5.41, 5.74) is 0.310. The summed E-state index contributed by atoms with van der Waals surface area (Å²) in [6, 6.07) is 5.28. The Bertz CT molecular complexity index is 624. The Labute approximate surface area is 141 Å². The van der Waals surface area contributed by atoms with Crippen LogP contribution in [0.15, 0.2) is 36.4 Å². The Hall–Kier alpha value is -2.55. The summed E-state index contributed by atoms with van der Waals surface area (Å²) in [6.07, 6.45) is -8.38. The van der Waals surface area contributed by atoms with Gasteiger partial charge in [-0.2, -0.15) is 13.2 Å². The van der Waals surface area contributed by atoms with Crippen LogP contribution in [0.1, 0.15) is 25.7 Å². The molecule has 0 aromatic heterocycles. The molecule has 2 atom stereocenters. The average molecular weight is 362 g/mol. The first kappa shape index (κ1) is 20.5. The number of esters is 2. The van der Waals surface area contributed by atoms with E-state index >= 15 is 0 Å². The van der Waals surface area contributed by atoms with Crippen molar-refractivity contribution >= 4 is 11.9 Å². The van der Waals surface area contributed by atoms with Crippen LogP contribution >= 0.6 is 0 Å². The molecule has 0 fully saturated rings. The molecule has 1 aromatic carbocycles. The Morgan fingerprint density at radius 2 is 1.76 bits per heavy atom. The van der Waals surface area contributed by atoms with Crippen molar-refractivity contribution < 1.29 is 42.1 Å². The van der Waals surface area contributed by atoms with Crippen LogP contribution in [0.4, 0.5) is 13.2 Å². The van der Waals surface area contributed by atoms with Gasteiger partial charge < -0.3 is 19.3 Å². The number of phenolic OH excluding ortho intramolecular Hbond substituents is 1. The van der Waals surface area contributed by atoms with E-state index in [1.165, 1.54) is 31.2 Å². The summed E-state index contributed by atoms with van der Waals surface area (Å²) in [5, 5.41) is 9.26. The predicted octanol–water partition coefficient (Wildman–Crippen LogP) is 3.02. The summed E-state index contributed by atoms with van der Waals surface area (Å²) < 4.78 is 51.3. The van der Waals surface area contributed by atoms with Gasteiger partial charge in [0.15, 0.2) is 6.10 Å². The third kappa shape index (κ3) is 6.84. The van der Waals surface area contributed by atoms with Crippen molar-refractivity contribution in [1.82, 2.24) is 0 Å². The fraction of sp³-hybridized carbons (Fsp3) is 0.375. The molecule has 0 aliphatic carbocycles. The summed E-state index contributed by atoms with van der Waals surface area (Å²) in [6.45, 7) is 4.57. The second-order valence-corrected chi connectivity index (χ2v) is 5.09. The molecule has 0 radical (unpaired) electrons. The van der Waals surface area contributed by atoms with E-state index in [2.05, 4.69) is 11.3 Å². The first-order valence-corrected chi connectivity index (χ1v) is 7.04. The topological polar surface area (TPSA) is 82.1 Å². The lowest BCUT2D eigenvalue weighted by molar-refractivity contribution is -0.222. The number of aromatic hydroxyl groups is 1. The fourth-order valence-electron chi connectivity index (χ4n) is 1.47. The number of benzene rings is 1. The lowest BCUT2D eigenvalue weighted by atomic mass is 10.2. The minimum absolute atomic E-state index is 0.0562. The molecule has 1 rings (SSSR count). The maximum absolute atomic E-state index is 12.4. The molecule has 1 aromatic rings. The minimum atomic E-state index is -4.70. The Morgan fingerprint density at radius 3 is 2.24 bits per heavy atom. The molecule has 0 heterocycles. The van der Waals surface area contributed by atoms with E-state index in [1.54, 1.807) is 0 Å². The maximum atomic E-state index is 12.4. The second-order valence-electron chi connectivity index (χ2n) is 5.09. The third-order valence-corrected chi connectivity index (χ3v) is 2.85.